The standard InChI is InChI=1S/C7H15NOS/c1-3-8(4-2)7(5-9)6-10/h5,7,10H,3-4,6H2,1-2H3. The van der Waals surface area contributed by atoms with Gasteiger partial charge in [-0.25, -0.2) is 0 Å². The van der Waals surface area contributed by atoms with E-state index in [1.54, 1.807) is 0 Å². The number of carbonyl (C=O) groups excluding carboxylic acids is 1. The lowest BCUT2D eigenvalue weighted by Gasteiger charge is -2.22. The van der Waals surface area contributed by atoms with Crippen molar-refractivity contribution in [3.05, 3.63) is 0 Å². The van der Waals surface area contributed by atoms with Gasteiger partial charge in [0.2, 0.25) is 0 Å². The lowest BCUT2D eigenvalue weighted by Crippen LogP contribution is -2.37. The maximum Gasteiger partial charge on any atom is 0.137 e. The molecule has 0 saturated heterocycles. The Morgan fingerprint density at radius 1 is 1.50 bits per heavy atom. The highest BCUT2D eigenvalue weighted by atomic mass is 32.1. The fourth-order valence-electron chi connectivity index (χ4n) is 0.937. The molecule has 0 aliphatic carbocycles. The summed E-state index contributed by atoms with van der Waals surface area (Å²) in [4.78, 5) is 12.5. The molecule has 1 atom stereocenters. The van der Waals surface area contributed by atoms with E-state index in [0.717, 1.165) is 19.4 Å². The van der Waals surface area contributed by atoms with Gasteiger partial charge in [0.1, 0.15) is 6.29 Å². The topological polar surface area (TPSA) is 20.3 Å². The molecule has 0 amide bonds. The van der Waals surface area contributed by atoms with E-state index < -0.39 is 0 Å². The molecule has 0 fully saturated rings. The van der Waals surface area contributed by atoms with E-state index in [1.165, 1.54) is 0 Å². The summed E-state index contributed by atoms with van der Waals surface area (Å²) in [6.07, 6.45) is 0.958. The van der Waals surface area contributed by atoms with Gasteiger partial charge in [-0.15, -0.1) is 0 Å². The first-order valence-corrected chi connectivity index (χ1v) is 4.23. The monoisotopic (exact) mass is 161 g/mol. The Bertz CT molecular complexity index is 93.6. The number of aldehydes is 1. The number of rotatable bonds is 5. The van der Waals surface area contributed by atoms with Crippen LogP contribution in [0.4, 0.5) is 0 Å². The molecule has 3 heteroatoms. The summed E-state index contributed by atoms with van der Waals surface area (Å²) in [6.45, 7) is 5.92. The maximum atomic E-state index is 10.4. The highest BCUT2D eigenvalue weighted by Crippen LogP contribution is 1.97. The fraction of sp³-hybridized carbons (Fsp3) is 0.857. The second kappa shape index (κ2) is 5.74. The molecule has 0 aromatic rings. The Hall–Kier alpha value is -0.0200. The third kappa shape index (κ3) is 2.71. The SMILES string of the molecule is CCN(CC)C(C=O)CS. The van der Waals surface area contributed by atoms with Crippen LogP contribution in [0.25, 0.3) is 0 Å². The fourth-order valence-corrected chi connectivity index (χ4v) is 1.25. The van der Waals surface area contributed by atoms with Gasteiger partial charge in [-0.2, -0.15) is 12.6 Å². The van der Waals surface area contributed by atoms with Gasteiger partial charge in [0.05, 0.1) is 6.04 Å². The van der Waals surface area contributed by atoms with Crippen molar-refractivity contribution in [3.63, 3.8) is 0 Å². The van der Waals surface area contributed by atoms with Crippen LogP contribution in [-0.4, -0.2) is 36.1 Å². The average Bonchev–Trinajstić information content (AvgIpc) is 2.00. The molecular formula is C7H15NOS. The van der Waals surface area contributed by atoms with Crippen LogP contribution in [0.5, 0.6) is 0 Å². The quantitative estimate of drug-likeness (QED) is 0.476. The lowest BCUT2D eigenvalue weighted by molar-refractivity contribution is -0.111. The number of thiol groups is 1. The van der Waals surface area contributed by atoms with Crippen molar-refractivity contribution in [1.82, 2.24) is 4.90 Å². The Labute approximate surface area is 68.0 Å². The van der Waals surface area contributed by atoms with Crippen molar-refractivity contribution < 1.29 is 4.79 Å². The molecule has 0 N–H and O–H groups in total. The first-order valence-electron chi connectivity index (χ1n) is 3.60. The molecule has 0 aliphatic rings. The molecule has 0 bridgehead atoms. The molecule has 10 heavy (non-hydrogen) atoms. The van der Waals surface area contributed by atoms with E-state index in [1.807, 2.05) is 13.8 Å². The second-order valence-corrected chi connectivity index (χ2v) is 2.47. The summed E-state index contributed by atoms with van der Waals surface area (Å²) in [7, 11) is 0. The van der Waals surface area contributed by atoms with Gasteiger partial charge in [0, 0.05) is 5.75 Å². The molecule has 0 radical (unpaired) electrons. The molecule has 0 aromatic heterocycles. The van der Waals surface area contributed by atoms with E-state index in [2.05, 4.69) is 17.5 Å². The van der Waals surface area contributed by atoms with Crippen molar-refractivity contribution in [2.75, 3.05) is 18.8 Å². The van der Waals surface area contributed by atoms with Crippen molar-refractivity contribution in [2.24, 2.45) is 0 Å². The molecule has 2 nitrogen and oxygen atoms in total. The van der Waals surface area contributed by atoms with Crippen LogP contribution < -0.4 is 0 Å². The number of likely N-dealkylation sites (N-methyl/N-ethyl adjacent to an activating group) is 1. The molecule has 1 unspecified atom stereocenters. The summed E-state index contributed by atoms with van der Waals surface area (Å²) in [5.41, 5.74) is 0. The minimum Gasteiger partial charge on any atom is -0.302 e. The van der Waals surface area contributed by atoms with Gasteiger partial charge in [-0.3, -0.25) is 4.90 Å². The van der Waals surface area contributed by atoms with Crippen LogP contribution in [0.2, 0.25) is 0 Å². The summed E-state index contributed by atoms with van der Waals surface area (Å²) < 4.78 is 0. The van der Waals surface area contributed by atoms with E-state index in [9.17, 15) is 4.79 Å². The maximum absolute atomic E-state index is 10.4. The largest absolute Gasteiger partial charge is 0.302 e. The number of hydrogen-bond acceptors (Lipinski definition) is 3. The number of nitrogens with zero attached hydrogens (tertiary/aromatic N) is 1. The van der Waals surface area contributed by atoms with Crippen LogP contribution >= 0.6 is 12.6 Å². The van der Waals surface area contributed by atoms with Crippen molar-refractivity contribution >= 4 is 18.9 Å². The molecule has 60 valence electrons. The number of carbonyl (C=O) groups is 1. The first kappa shape index (κ1) is 9.98. The van der Waals surface area contributed by atoms with E-state index >= 15 is 0 Å². The highest BCUT2D eigenvalue weighted by Gasteiger charge is 2.11. The minimum atomic E-state index is -0.00154. The molecule has 0 saturated carbocycles. The van der Waals surface area contributed by atoms with Gasteiger partial charge in [-0.05, 0) is 13.1 Å². The Balaban J connectivity index is 3.81. The van der Waals surface area contributed by atoms with E-state index in [4.69, 9.17) is 0 Å². The molecular weight excluding hydrogens is 146 g/mol. The Morgan fingerprint density at radius 3 is 2.10 bits per heavy atom. The van der Waals surface area contributed by atoms with Gasteiger partial charge >= 0.3 is 0 Å². The molecule has 0 aromatic carbocycles. The molecule has 0 aliphatic heterocycles. The van der Waals surface area contributed by atoms with Crippen LogP contribution in [0, 0.1) is 0 Å². The van der Waals surface area contributed by atoms with E-state index in [0.29, 0.717) is 5.75 Å². The zero-order valence-electron chi connectivity index (χ0n) is 6.58. The molecule has 0 rings (SSSR count). The zero-order valence-corrected chi connectivity index (χ0v) is 7.47. The lowest BCUT2D eigenvalue weighted by atomic mass is 10.3. The summed E-state index contributed by atoms with van der Waals surface area (Å²) in [6, 6.07) is -0.00154. The van der Waals surface area contributed by atoms with Crippen LogP contribution in [0.15, 0.2) is 0 Å². The summed E-state index contributed by atoms with van der Waals surface area (Å²) in [5, 5.41) is 0. The Morgan fingerprint density at radius 2 is 2.00 bits per heavy atom. The summed E-state index contributed by atoms with van der Waals surface area (Å²) in [5.74, 6) is 0.616. The third-order valence-corrected chi connectivity index (χ3v) is 2.00. The van der Waals surface area contributed by atoms with Crippen molar-refractivity contribution in [2.45, 2.75) is 19.9 Å². The van der Waals surface area contributed by atoms with Crippen molar-refractivity contribution in [3.8, 4) is 0 Å². The predicted molar refractivity (Wildman–Crippen MR) is 46.6 cm³/mol. The second-order valence-electron chi connectivity index (χ2n) is 2.11. The van der Waals surface area contributed by atoms with Gasteiger partial charge in [0.15, 0.2) is 0 Å². The minimum absolute atomic E-state index is 0.00154. The smallest absolute Gasteiger partial charge is 0.137 e. The van der Waals surface area contributed by atoms with E-state index in [-0.39, 0.29) is 6.04 Å². The summed E-state index contributed by atoms with van der Waals surface area (Å²) >= 11 is 4.07. The van der Waals surface area contributed by atoms with Crippen LogP contribution in [-0.2, 0) is 4.79 Å². The molecule has 0 spiro atoms. The third-order valence-electron chi connectivity index (χ3n) is 1.63. The van der Waals surface area contributed by atoms with Gasteiger partial charge in [-0.1, -0.05) is 13.8 Å². The first-order chi connectivity index (χ1) is 4.79. The van der Waals surface area contributed by atoms with Crippen LogP contribution in [0.1, 0.15) is 13.8 Å². The van der Waals surface area contributed by atoms with Gasteiger partial charge < -0.3 is 4.79 Å². The average molecular weight is 161 g/mol. The molecule has 0 heterocycles. The van der Waals surface area contributed by atoms with Gasteiger partial charge in [0.25, 0.3) is 0 Å². The highest BCUT2D eigenvalue weighted by molar-refractivity contribution is 7.80. The predicted octanol–water partition coefficient (Wildman–Crippen LogP) is 0.825. The van der Waals surface area contributed by atoms with Crippen molar-refractivity contribution in [1.29, 1.82) is 0 Å². The zero-order chi connectivity index (χ0) is 7.98. The Kier molecular flexibility index (Phi) is 5.73. The van der Waals surface area contributed by atoms with Crippen LogP contribution in [0.3, 0.4) is 0 Å². The normalized spacial score (nSPS) is 13.6. The number of hydrogen-bond donors (Lipinski definition) is 1.